The minimum Gasteiger partial charge on any atom is -0.466 e. The number of halogens is 1. The maximum Gasteiger partial charge on any atom is 0.330 e. The lowest BCUT2D eigenvalue weighted by atomic mass is 10.1. The molecule has 0 radical (unpaired) electrons. The van der Waals surface area contributed by atoms with Gasteiger partial charge in [-0.1, -0.05) is 15.9 Å². The summed E-state index contributed by atoms with van der Waals surface area (Å²) in [6.07, 6.45) is 2.83. The molecule has 0 unspecified atom stereocenters. The third kappa shape index (κ3) is 3.22. The zero-order chi connectivity index (χ0) is 11.3. The molecule has 1 aromatic rings. The van der Waals surface area contributed by atoms with E-state index in [1.807, 2.05) is 6.07 Å². The molecule has 0 atom stereocenters. The smallest absolute Gasteiger partial charge is 0.330 e. The van der Waals surface area contributed by atoms with E-state index < -0.39 is 5.97 Å². The Hall–Kier alpha value is -1.60. The fourth-order valence-electron chi connectivity index (χ4n) is 0.999. The maximum atomic E-state index is 10.9. The fraction of sp³-hybridized carbons (Fsp3) is 0.0909. The monoisotopic (exact) mass is 265 g/mol. The summed E-state index contributed by atoms with van der Waals surface area (Å²) in [5.74, 6) is -0.445. The Kier molecular flexibility index (Phi) is 4.07. The molecule has 1 aromatic carbocycles. The number of hydrogen-bond acceptors (Lipinski definition) is 3. The zero-order valence-electron chi connectivity index (χ0n) is 8.03. The summed E-state index contributed by atoms with van der Waals surface area (Å²) in [7, 11) is 1.30. The van der Waals surface area contributed by atoms with Crippen LogP contribution in [0, 0.1) is 11.3 Å². The minimum atomic E-state index is -0.445. The number of rotatable bonds is 2. The summed E-state index contributed by atoms with van der Waals surface area (Å²) in [6, 6.07) is 7.26. The molecule has 4 heteroatoms. The third-order valence-electron chi connectivity index (χ3n) is 1.73. The van der Waals surface area contributed by atoms with Gasteiger partial charge in [0.25, 0.3) is 0 Å². The molecular weight excluding hydrogens is 258 g/mol. The molecule has 0 fully saturated rings. The van der Waals surface area contributed by atoms with Gasteiger partial charge in [0, 0.05) is 10.5 Å². The van der Waals surface area contributed by atoms with E-state index in [1.54, 1.807) is 24.3 Å². The average molecular weight is 266 g/mol. The Morgan fingerprint density at radius 1 is 1.60 bits per heavy atom. The Morgan fingerprint density at radius 3 is 2.93 bits per heavy atom. The largest absolute Gasteiger partial charge is 0.466 e. The van der Waals surface area contributed by atoms with Crippen molar-refractivity contribution in [3.8, 4) is 6.07 Å². The number of hydrogen-bond donors (Lipinski definition) is 0. The van der Waals surface area contributed by atoms with Crippen LogP contribution in [0.5, 0.6) is 0 Å². The third-order valence-corrected chi connectivity index (χ3v) is 2.23. The van der Waals surface area contributed by atoms with Gasteiger partial charge in [0.15, 0.2) is 0 Å². The normalized spacial score (nSPS) is 9.93. The summed E-state index contributed by atoms with van der Waals surface area (Å²) in [5.41, 5.74) is 1.19. The van der Waals surface area contributed by atoms with E-state index in [4.69, 9.17) is 5.26 Å². The molecule has 0 bridgehead atoms. The highest BCUT2D eigenvalue weighted by Crippen LogP contribution is 2.17. The van der Waals surface area contributed by atoms with Crippen LogP contribution in [0.4, 0.5) is 0 Å². The van der Waals surface area contributed by atoms with Gasteiger partial charge >= 0.3 is 5.97 Å². The van der Waals surface area contributed by atoms with Crippen LogP contribution in [-0.4, -0.2) is 13.1 Å². The predicted molar refractivity (Wildman–Crippen MR) is 59.9 cm³/mol. The van der Waals surface area contributed by atoms with Crippen molar-refractivity contribution < 1.29 is 9.53 Å². The molecule has 76 valence electrons. The predicted octanol–water partition coefficient (Wildman–Crippen LogP) is 2.51. The van der Waals surface area contributed by atoms with Crippen LogP contribution in [0.1, 0.15) is 11.1 Å². The summed E-state index contributed by atoms with van der Waals surface area (Å²) < 4.78 is 5.31. The van der Waals surface area contributed by atoms with Crippen molar-refractivity contribution in [2.45, 2.75) is 0 Å². The van der Waals surface area contributed by atoms with Crippen molar-refractivity contribution in [1.29, 1.82) is 5.26 Å². The van der Waals surface area contributed by atoms with Gasteiger partial charge in [-0.05, 0) is 29.8 Å². The number of methoxy groups -OCH3 is 1. The molecule has 0 aliphatic carbocycles. The summed E-state index contributed by atoms with van der Waals surface area (Å²) in [4.78, 5) is 10.9. The minimum absolute atomic E-state index is 0.445. The van der Waals surface area contributed by atoms with Crippen molar-refractivity contribution in [3.05, 3.63) is 39.9 Å². The average Bonchev–Trinajstić information content (AvgIpc) is 2.26. The highest BCUT2D eigenvalue weighted by atomic mass is 79.9. The van der Waals surface area contributed by atoms with Crippen LogP contribution in [0.2, 0.25) is 0 Å². The Balaban J connectivity index is 3.03. The lowest BCUT2D eigenvalue weighted by Crippen LogP contribution is -1.93. The fourth-order valence-corrected chi connectivity index (χ4v) is 1.38. The van der Waals surface area contributed by atoms with E-state index in [0.717, 1.165) is 4.47 Å². The van der Waals surface area contributed by atoms with Gasteiger partial charge in [-0.3, -0.25) is 0 Å². The van der Waals surface area contributed by atoms with Crippen LogP contribution >= 0.6 is 15.9 Å². The molecule has 0 saturated carbocycles. The second kappa shape index (κ2) is 5.32. The molecule has 0 aromatic heterocycles. The van der Waals surface area contributed by atoms with Gasteiger partial charge in [0.05, 0.1) is 18.7 Å². The van der Waals surface area contributed by atoms with Crippen molar-refractivity contribution in [2.75, 3.05) is 7.11 Å². The summed E-state index contributed by atoms with van der Waals surface area (Å²) in [6.45, 7) is 0. The standard InChI is InChI=1S/C11H8BrNO2/c1-15-11(14)5-3-8-6-10(12)4-2-9(8)7-13/h2-6H,1H3/b5-3-. The first-order valence-corrected chi connectivity index (χ1v) is 4.92. The number of benzene rings is 1. The summed E-state index contributed by atoms with van der Waals surface area (Å²) >= 11 is 3.29. The lowest BCUT2D eigenvalue weighted by molar-refractivity contribution is -0.134. The number of ether oxygens (including phenoxy) is 1. The molecule has 0 heterocycles. The van der Waals surface area contributed by atoms with Crippen molar-refractivity contribution >= 4 is 28.0 Å². The van der Waals surface area contributed by atoms with E-state index in [1.165, 1.54) is 13.2 Å². The van der Waals surface area contributed by atoms with E-state index >= 15 is 0 Å². The molecule has 0 aliphatic heterocycles. The topological polar surface area (TPSA) is 50.1 Å². The molecule has 0 spiro atoms. The van der Waals surface area contributed by atoms with Gasteiger partial charge in [0.1, 0.15) is 0 Å². The van der Waals surface area contributed by atoms with E-state index in [2.05, 4.69) is 20.7 Å². The number of carbonyl (C=O) groups excluding carboxylic acids is 1. The lowest BCUT2D eigenvalue weighted by Gasteiger charge is -1.98. The number of carbonyl (C=O) groups is 1. The van der Waals surface area contributed by atoms with Crippen LogP contribution in [0.25, 0.3) is 6.08 Å². The molecule has 0 aliphatic rings. The molecule has 0 amide bonds. The van der Waals surface area contributed by atoms with Crippen LogP contribution < -0.4 is 0 Å². The first kappa shape index (κ1) is 11.5. The zero-order valence-corrected chi connectivity index (χ0v) is 9.61. The van der Waals surface area contributed by atoms with Gasteiger partial charge in [0.2, 0.25) is 0 Å². The maximum absolute atomic E-state index is 10.9. The molecule has 15 heavy (non-hydrogen) atoms. The van der Waals surface area contributed by atoms with Crippen LogP contribution in [-0.2, 0) is 9.53 Å². The first-order chi connectivity index (χ1) is 7.17. The Bertz CT molecular complexity index is 446. The van der Waals surface area contributed by atoms with Crippen LogP contribution in [0.3, 0.4) is 0 Å². The number of esters is 1. The van der Waals surface area contributed by atoms with Gasteiger partial charge in [-0.2, -0.15) is 5.26 Å². The second-order valence-corrected chi connectivity index (χ2v) is 3.62. The quantitative estimate of drug-likeness (QED) is 0.610. The Labute approximate surface area is 96.1 Å². The van der Waals surface area contributed by atoms with E-state index in [0.29, 0.717) is 11.1 Å². The molecule has 0 N–H and O–H groups in total. The first-order valence-electron chi connectivity index (χ1n) is 4.13. The Morgan fingerprint density at radius 2 is 2.33 bits per heavy atom. The highest BCUT2D eigenvalue weighted by Gasteiger charge is 2.00. The van der Waals surface area contributed by atoms with Crippen molar-refractivity contribution in [3.63, 3.8) is 0 Å². The number of nitrogens with zero attached hydrogens (tertiary/aromatic N) is 1. The van der Waals surface area contributed by atoms with E-state index in [9.17, 15) is 4.79 Å². The molecule has 0 saturated heterocycles. The molecular formula is C11H8BrNO2. The SMILES string of the molecule is COC(=O)/C=C\c1cc(Br)ccc1C#N. The van der Waals surface area contributed by atoms with Crippen molar-refractivity contribution in [2.24, 2.45) is 0 Å². The van der Waals surface area contributed by atoms with Crippen molar-refractivity contribution in [1.82, 2.24) is 0 Å². The van der Waals surface area contributed by atoms with Gasteiger partial charge in [-0.25, -0.2) is 4.79 Å². The van der Waals surface area contributed by atoms with Crippen LogP contribution in [0.15, 0.2) is 28.7 Å². The van der Waals surface area contributed by atoms with E-state index in [-0.39, 0.29) is 0 Å². The van der Waals surface area contributed by atoms with Gasteiger partial charge in [-0.15, -0.1) is 0 Å². The molecule has 3 nitrogen and oxygen atoms in total. The highest BCUT2D eigenvalue weighted by molar-refractivity contribution is 9.10. The van der Waals surface area contributed by atoms with Gasteiger partial charge < -0.3 is 4.74 Å². The molecule has 1 rings (SSSR count). The second-order valence-electron chi connectivity index (χ2n) is 2.70. The number of nitriles is 1. The summed E-state index contributed by atoms with van der Waals surface area (Å²) in [5, 5.41) is 8.82.